The molecule has 1 aromatic heterocycles. The maximum Gasteiger partial charge on any atom is 0.254 e. The number of methoxy groups -OCH3 is 2. The second-order valence-corrected chi connectivity index (χ2v) is 9.63. The van der Waals surface area contributed by atoms with E-state index in [0.29, 0.717) is 31.7 Å². The number of benzene rings is 2. The number of rotatable bonds is 10. The largest absolute Gasteiger partial charge is 0.496 e. The molecule has 0 saturated carbocycles. The van der Waals surface area contributed by atoms with Crippen molar-refractivity contribution < 1.29 is 19.4 Å². The molecule has 37 heavy (non-hydrogen) atoms. The van der Waals surface area contributed by atoms with E-state index in [0.717, 1.165) is 59.7 Å². The maximum absolute atomic E-state index is 13.6. The first-order valence-corrected chi connectivity index (χ1v) is 13.1. The van der Waals surface area contributed by atoms with Crippen molar-refractivity contribution in [2.45, 2.75) is 40.3 Å². The molecule has 0 radical (unpaired) electrons. The Morgan fingerprint density at radius 3 is 2.30 bits per heavy atom. The first kappa shape index (κ1) is 26.8. The molecule has 1 amide bonds. The molecule has 2 aromatic carbocycles. The van der Waals surface area contributed by atoms with E-state index in [9.17, 15) is 9.90 Å². The number of amides is 1. The van der Waals surface area contributed by atoms with Gasteiger partial charge in [0, 0.05) is 62.5 Å². The van der Waals surface area contributed by atoms with E-state index in [1.807, 2.05) is 29.2 Å². The molecular formula is C29H40N4O4. The highest BCUT2D eigenvalue weighted by atomic mass is 16.5. The summed E-state index contributed by atoms with van der Waals surface area (Å²) in [5, 5.41) is 14.0. The summed E-state index contributed by atoms with van der Waals surface area (Å²) in [5.74, 6) is 1.56. The van der Waals surface area contributed by atoms with Gasteiger partial charge in [-0.3, -0.25) is 9.69 Å². The van der Waals surface area contributed by atoms with Crippen LogP contribution in [0.4, 0.5) is 5.69 Å². The van der Waals surface area contributed by atoms with Crippen molar-refractivity contribution in [2.75, 3.05) is 58.9 Å². The molecule has 1 saturated heterocycles. The van der Waals surface area contributed by atoms with Gasteiger partial charge in [-0.1, -0.05) is 13.0 Å². The molecule has 0 spiro atoms. The molecule has 0 atom stereocenters. The summed E-state index contributed by atoms with van der Waals surface area (Å²) in [6.07, 6.45) is 1.02. The number of nitrogens with one attached hydrogen (secondary N) is 1. The van der Waals surface area contributed by atoms with Gasteiger partial charge < -0.3 is 29.4 Å². The SMILES string of the molecule is CCCn1c(C)c(C)c2cc(C(=O)N3CCN(CCO)CC3)cc(NCc3c(OC)cccc3OC)c21. The van der Waals surface area contributed by atoms with Gasteiger partial charge in [0.05, 0.1) is 37.6 Å². The van der Waals surface area contributed by atoms with Gasteiger partial charge in [-0.2, -0.15) is 0 Å². The summed E-state index contributed by atoms with van der Waals surface area (Å²) in [6.45, 7) is 11.5. The van der Waals surface area contributed by atoms with Gasteiger partial charge in [0.15, 0.2) is 0 Å². The quantitative estimate of drug-likeness (QED) is 0.430. The Morgan fingerprint density at radius 1 is 1.03 bits per heavy atom. The summed E-state index contributed by atoms with van der Waals surface area (Å²) in [4.78, 5) is 17.8. The number of piperazine rings is 1. The number of carbonyl (C=O) groups is 1. The summed E-state index contributed by atoms with van der Waals surface area (Å²) in [7, 11) is 3.32. The minimum absolute atomic E-state index is 0.0452. The maximum atomic E-state index is 13.6. The number of carbonyl (C=O) groups excluding carboxylic acids is 1. The van der Waals surface area contributed by atoms with E-state index >= 15 is 0 Å². The van der Waals surface area contributed by atoms with Crippen LogP contribution in [-0.4, -0.2) is 78.9 Å². The predicted octanol–water partition coefficient (Wildman–Crippen LogP) is 4.05. The van der Waals surface area contributed by atoms with Crippen LogP contribution in [0, 0.1) is 13.8 Å². The molecule has 0 unspecified atom stereocenters. The molecule has 3 aromatic rings. The van der Waals surface area contributed by atoms with Crippen molar-refractivity contribution in [3.63, 3.8) is 0 Å². The van der Waals surface area contributed by atoms with E-state index in [2.05, 4.69) is 41.6 Å². The Bertz CT molecular complexity index is 1220. The summed E-state index contributed by atoms with van der Waals surface area (Å²) in [6, 6.07) is 9.83. The van der Waals surface area contributed by atoms with Crippen LogP contribution in [0.15, 0.2) is 30.3 Å². The van der Waals surface area contributed by atoms with Crippen LogP contribution in [0.2, 0.25) is 0 Å². The van der Waals surface area contributed by atoms with Gasteiger partial charge in [-0.15, -0.1) is 0 Å². The molecule has 2 heterocycles. The van der Waals surface area contributed by atoms with E-state index in [4.69, 9.17) is 9.47 Å². The number of aliphatic hydroxyl groups is 1. The van der Waals surface area contributed by atoms with Crippen LogP contribution in [0.1, 0.15) is 40.5 Å². The van der Waals surface area contributed by atoms with E-state index < -0.39 is 0 Å². The van der Waals surface area contributed by atoms with Gasteiger partial charge in [0.1, 0.15) is 11.5 Å². The second-order valence-electron chi connectivity index (χ2n) is 9.63. The van der Waals surface area contributed by atoms with Crippen molar-refractivity contribution in [3.05, 3.63) is 52.7 Å². The second kappa shape index (κ2) is 11.9. The summed E-state index contributed by atoms with van der Waals surface area (Å²) in [5.41, 5.74) is 6.09. The number of hydrogen-bond donors (Lipinski definition) is 2. The van der Waals surface area contributed by atoms with Crippen molar-refractivity contribution in [1.29, 1.82) is 0 Å². The standard InChI is InChI=1S/C29H40N4O4/c1-6-10-33-21(3)20(2)23-17-22(29(35)32-13-11-31(12-14-32)15-16-34)18-25(28(23)33)30-19-24-26(36-4)8-7-9-27(24)37-5/h7-9,17-18,30,34H,6,10-16,19H2,1-5H3. The average molecular weight is 509 g/mol. The molecule has 0 aliphatic carbocycles. The normalized spacial score (nSPS) is 14.3. The fourth-order valence-corrected chi connectivity index (χ4v) is 5.32. The minimum Gasteiger partial charge on any atom is -0.496 e. The van der Waals surface area contributed by atoms with Gasteiger partial charge in [-0.05, 0) is 50.1 Å². The van der Waals surface area contributed by atoms with E-state index in [1.54, 1.807) is 14.2 Å². The number of β-amino-alcohol motifs (C(OH)–C–C–N with tert-alkyl or cyclic N) is 1. The lowest BCUT2D eigenvalue weighted by atomic mass is 10.1. The van der Waals surface area contributed by atoms with Gasteiger partial charge in [0.2, 0.25) is 0 Å². The smallest absolute Gasteiger partial charge is 0.254 e. The highest BCUT2D eigenvalue weighted by Gasteiger charge is 2.24. The zero-order valence-electron chi connectivity index (χ0n) is 22.8. The Balaban J connectivity index is 1.73. The van der Waals surface area contributed by atoms with Crippen LogP contribution in [0.25, 0.3) is 10.9 Å². The molecular weight excluding hydrogens is 468 g/mol. The number of nitrogens with zero attached hydrogens (tertiary/aromatic N) is 3. The lowest BCUT2D eigenvalue weighted by Crippen LogP contribution is -2.49. The first-order valence-electron chi connectivity index (χ1n) is 13.1. The molecule has 200 valence electrons. The molecule has 1 fully saturated rings. The highest BCUT2D eigenvalue weighted by Crippen LogP contribution is 2.35. The van der Waals surface area contributed by atoms with Crippen LogP contribution in [-0.2, 0) is 13.1 Å². The highest BCUT2D eigenvalue weighted by molar-refractivity contribution is 6.04. The third kappa shape index (κ3) is 5.40. The monoisotopic (exact) mass is 508 g/mol. The number of hydrogen-bond acceptors (Lipinski definition) is 6. The molecule has 2 N–H and O–H groups in total. The lowest BCUT2D eigenvalue weighted by Gasteiger charge is -2.34. The number of aryl methyl sites for hydroxylation is 2. The lowest BCUT2D eigenvalue weighted by molar-refractivity contribution is 0.0615. The van der Waals surface area contributed by atoms with Crippen LogP contribution < -0.4 is 14.8 Å². The van der Waals surface area contributed by atoms with E-state index in [-0.39, 0.29) is 12.5 Å². The summed E-state index contributed by atoms with van der Waals surface area (Å²) >= 11 is 0. The number of aliphatic hydroxyl groups excluding tert-OH is 1. The minimum atomic E-state index is 0.0452. The topological polar surface area (TPSA) is 79.2 Å². The zero-order chi connectivity index (χ0) is 26.5. The fourth-order valence-electron chi connectivity index (χ4n) is 5.32. The van der Waals surface area contributed by atoms with Gasteiger partial charge in [-0.25, -0.2) is 0 Å². The predicted molar refractivity (Wildman–Crippen MR) is 148 cm³/mol. The van der Waals surface area contributed by atoms with Crippen LogP contribution >= 0.6 is 0 Å². The molecule has 0 bridgehead atoms. The molecule has 1 aliphatic heterocycles. The van der Waals surface area contributed by atoms with Crippen molar-refractivity contribution >= 4 is 22.5 Å². The first-order chi connectivity index (χ1) is 17.9. The third-order valence-corrected chi connectivity index (χ3v) is 7.49. The molecule has 4 rings (SSSR count). The Morgan fingerprint density at radius 2 is 1.70 bits per heavy atom. The number of anilines is 1. The number of fused-ring (bicyclic) bond motifs is 1. The molecule has 8 nitrogen and oxygen atoms in total. The number of ether oxygens (including phenoxy) is 2. The summed E-state index contributed by atoms with van der Waals surface area (Å²) < 4.78 is 13.6. The molecule has 1 aliphatic rings. The fraction of sp³-hybridized carbons (Fsp3) is 0.483. The van der Waals surface area contributed by atoms with Gasteiger partial charge in [0.25, 0.3) is 5.91 Å². The third-order valence-electron chi connectivity index (χ3n) is 7.49. The Labute approximate surface area is 219 Å². The average Bonchev–Trinajstić information content (AvgIpc) is 3.16. The van der Waals surface area contributed by atoms with E-state index in [1.165, 1.54) is 11.3 Å². The van der Waals surface area contributed by atoms with Crippen LogP contribution in [0.3, 0.4) is 0 Å². The van der Waals surface area contributed by atoms with Crippen molar-refractivity contribution in [1.82, 2.24) is 14.4 Å². The van der Waals surface area contributed by atoms with Gasteiger partial charge >= 0.3 is 0 Å². The van der Waals surface area contributed by atoms with Crippen molar-refractivity contribution in [3.8, 4) is 11.5 Å². The van der Waals surface area contributed by atoms with Crippen molar-refractivity contribution in [2.24, 2.45) is 0 Å². The van der Waals surface area contributed by atoms with Crippen LogP contribution in [0.5, 0.6) is 11.5 Å². The Hall–Kier alpha value is -3.23. The Kier molecular flexibility index (Phi) is 8.61. The molecule has 8 heteroatoms. The zero-order valence-corrected chi connectivity index (χ0v) is 22.8. The number of aromatic nitrogens is 1.